The lowest BCUT2D eigenvalue weighted by atomic mass is 10.8. The van der Waals surface area contributed by atoms with E-state index in [1.807, 2.05) is 0 Å². The summed E-state index contributed by atoms with van der Waals surface area (Å²) in [5, 5.41) is 0. The van der Waals surface area contributed by atoms with Crippen LogP contribution in [-0.4, -0.2) is 88.3 Å². The van der Waals surface area contributed by atoms with E-state index in [2.05, 4.69) is 56.4 Å². The quantitative estimate of drug-likeness (QED) is 0.300. The standard InChI is InChI=1S/2C4H12N.H2O4S.H2O/c3*1-5(2,3)4;/h2*1-4H3;(H2,1,2,3,4);1H2/q2*+1;;/p-2. The van der Waals surface area contributed by atoms with Crippen molar-refractivity contribution >= 4 is 10.4 Å². The molecule has 0 spiro atoms. The van der Waals surface area contributed by atoms with Gasteiger partial charge in [-0.25, -0.2) is 0 Å². The lowest BCUT2D eigenvalue weighted by molar-refractivity contribution is -0.849. The maximum atomic E-state index is 8.52. The van der Waals surface area contributed by atoms with Crippen LogP contribution in [0.4, 0.5) is 0 Å². The monoisotopic (exact) mass is 262 g/mol. The van der Waals surface area contributed by atoms with Crippen LogP contribution in [0, 0.1) is 0 Å². The van der Waals surface area contributed by atoms with E-state index in [1.54, 1.807) is 0 Å². The molecule has 0 amide bonds. The summed E-state index contributed by atoms with van der Waals surface area (Å²) in [4.78, 5) is 0. The zero-order valence-electron chi connectivity index (χ0n) is 11.4. The number of quaternary nitrogens is 2. The molecule has 0 saturated carbocycles. The molecule has 7 nitrogen and oxygen atoms in total. The predicted molar refractivity (Wildman–Crippen MR) is 62.0 cm³/mol. The van der Waals surface area contributed by atoms with E-state index in [1.165, 1.54) is 0 Å². The Hall–Kier alpha value is -0.250. The maximum absolute atomic E-state index is 8.52. The lowest BCUT2D eigenvalue weighted by Crippen LogP contribution is -2.27. The summed E-state index contributed by atoms with van der Waals surface area (Å²) in [6, 6.07) is 0. The molecule has 8 heteroatoms. The van der Waals surface area contributed by atoms with Crippen molar-refractivity contribution in [3.63, 3.8) is 0 Å². The summed E-state index contributed by atoms with van der Waals surface area (Å²) in [5.41, 5.74) is 0. The second-order valence-electron chi connectivity index (χ2n) is 5.77. The van der Waals surface area contributed by atoms with E-state index in [4.69, 9.17) is 17.5 Å². The van der Waals surface area contributed by atoms with Crippen LogP contribution in [0.5, 0.6) is 0 Å². The highest BCUT2D eigenvalue weighted by Gasteiger charge is 1.88. The molecule has 0 aliphatic rings. The summed E-state index contributed by atoms with van der Waals surface area (Å²) >= 11 is 0. The van der Waals surface area contributed by atoms with Crippen LogP contribution in [0.1, 0.15) is 0 Å². The van der Waals surface area contributed by atoms with Crippen molar-refractivity contribution in [2.75, 3.05) is 56.4 Å². The predicted octanol–water partition coefficient (Wildman–Crippen LogP) is -1.52. The fraction of sp³-hybridized carbons (Fsp3) is 1.00. The van der Waals surface area contributed by atoms with Gasteiger partial charge in [-0.3, -0.25) is 8.42 Å². The molecule has 0 aromatic carbocycles. The number of hydrogen-bond donors (Lipinski definition) is 0. The van der Waals surface area contributed by atoms with Crippen LogP contribution in [0.25, 0.3) is 0 Å². The Bertz CT molecular complexity index is 206. The molecular weight excluding hydrogens is 236 g/mol. The van der Waals surface area contributed by atoms with Crippen LogP contribution in [-0.2, 0) is 10.4 Å². The van der Waals surface area contributed by atoms with Gasteiger partial charge in [-0.1, -0.05) is 0 Å². The molecule has 0 aliphatic carbocycles. The molecule has 16 heavy (non-hydrogen) atoms. The first-order chi connectivity index (χ1) is 6.00. The van der Waals surface area contributed by atoms with Gasteiger partial charge in [0.25, 0.3) is 0 Å². The van der Waals surface area contributed by atoms with Gasteiger partial charge in [0.2, 0.25) is 0 Å². The van der Waals surface area contributed by atoms with Crippen molar-refractivity contribution in [3.05, 3.63) is 0 Å². The van der Waals surface area contributed by atoms with Gasteiger partial charge in [0.15, 0.2) is 0 Å². The molecule has 0 aromatic rings. The molecule has 0 aliphatic heterocycles. The number of nitrogens with zero attached hydrogens (tertiary/aromatic N) is 2. The summed E-state index contributed by atoms with van der Waals surface area (Å²) in [5.74, 6) is 0. The molecule has 104 valence electrons. The molecule has 0 rings (SSSR count). The summed E-state index contributed by atoms with van der Waals surface area (Å²) < 4.78 is 36.1. The molecule has 0 saturated heterocycles. The zero-order valence-corrected chi connectivity index (χ0v) is 12.3. The highest BCUT2D eigenvalue weighted by atomic mass is 32.3. The van der Waals surface area contributed by atoms with Crippen LogP contribution >= 0.6 is 0 Å². The van der Waals surface area contributed by atoms with Crippen molar-refractivity contribution in [1.29, 1.82) is 0 Å². The Kier molecular flexibility index (Phi) is 13.7. The van der Waals surface area contributed by atoms with Crippen LogP contribution < -0.4 is 0 Å². The summed E-state index contributed by atoms with van der Waals surface area (Å²) in [6.07, 6.45) is 0. The normalized spacial score (nSPS) is 11.1. The van der Waals surface area contributed by atoms with Gasteiger partial charge in [0, 0.05) is 10.4 Å². The largest absolute Gasteiger partial charge is 0.759 e. The molecule has 0 heterocycles. The van der Waals surface area contributed by atoms with E-state index in [-0.39, 0.29) is 5.48 Å². The average molecular weight is 262 g/mol. The van der Waals surface area contributed by atoms with Gasteiger partial charge in [0.05, 0.1) is 56.4 Å². The van der Waals surface area contributed by atoms with Crippen LogP contribution in [0.3, 0.4) is 0 Å². The Morgan fingerprint density at radius 3 is 0.688 bits per heavy atom. The van der Waals surface area contributed by atoms with Gasteiger partial charge >= 0.3 is 0 Å². The van der Waals surface area contributed by atoms with Crippen molar-refractivity contribution in [3.8, 4) is 0 Å². The Balaban J connectivity index is -0.0000000655. The topological polar surface area (TPSA) is 112 Å². The minimum absolute atomic E-state index is 0. The van der Waals surface area contributed by atoms with Crippen molar-refractivity contribution in [1.82, 2.24) is 0 Å². The first-order valence-electron chi connectivity index (χ1n) is 4.24. The van der Waals surface area contributed by atoms with Crippen molar-refractivity contribution < 1.29 is 32.0 Å². The van der Waals surface area contributed by atoms with E-state index < -0.39 is 10.4 Å². The minimum atomic E-state index is -5.17. The SMILES string of the molecule is C[N+](C)(C)C.C[N+](C)(C)C.O.O=S(=O)([O-])[O-]. The molecule has 0 fully saturated rings. The fourth-order valence-electron chi connectivity index (χ4n) is 0. The molecular formula is C8H26N2O5S. The molecule has 0 bridgehead atoms. The first-order valence-corrected chi connectivity index (χ1v) is 5.58. The van der Waals surface area contributed by atoms with Gasteiger partial charge in [-0.05, 0) is 0 Å². The highest BCUT2D eigenvalue weighted by Crippen LogP contribution is 1.74. The molecule has 2 N–H and O–H groups in total. The van der Waals surface area contributed by atoms with Gasteiger partial charge < -0.3 is 23.5 Å². The Morgan fingerprint density at radius 1 is 0.688 bits per heavy atom. The van der Waals surface area contributed by atoms with Crippen LogP contribution in [0.2, 0.25) is 0 Å². The second-order valence-corrected chi connectivity index (χ2v) is 6.59. The molecule has 0 aromatic heterocycles. The maximum Gasteiger partial charge on any atom is 0.0675 e. The lowest BCUT2D eigenvalue weighted by Gasteiger charge is -2.14. The average Bonchev–Trinajstić information content (AvgIpc) is 1.41. The van der Waals surface area contributed by atoms with Crippen LogP contribution in [0.15, 0.2) is 0 Å². The van der Waals surface area contributed by atoms with Gasteiger partial charge in [-0.15, -0.1) is 0 Å². The summed E-state index contributed by atoms with van der Waals surface area (Å²) in [6.45, 7) is 0. The molecule has 0 unspecified atom stereocenters. The zero-order chi connectivity index (χ0) is 13.5. The Morgan fingerprint density at radius 2 is 0.688 bits per heavy atom. The number of hydrogen-bond acceptors (Lipinski definition) is 4. The second kappa shape index (κ2) is 8.85. The van der Waals surface area contributed by atoms with Crippen molar-refractivity contribution in [2.45, 2.75) is 0 Å². The van der Waals surface area contributed by atoms with E-state index in [0.717, 1.165) is 8.97 Å². The van der Waals surface area contributed by atoms with Gasteiger partial charge in [0.1, 0.15) is 0 Å². The third kappa shape index (κ3) is 35800. The Labute approximate surface area is 99.4 Å². The molecule has 0 radical (unpaired) electrons. The smallest absolute Gasteiger partial charge is 0.0675 e. The fourth-order valence-corrected chi connectivity index (χ4v) is 0. The molecule has 0 atom stereocenters. The first kappa shape index (κ1) is 24.8. The van der Waals surface area contributed by atoms with Gasteiger partial charge in [-0.2, -0.15) is 0 Å². The minimum Gasteiger partial charge on any atom is -0.759 e. The van der Waals surface area contributed by atoms with E-state index in [9.17, 15) is 0 Å². The van der Waals surface area contributed by atoms with E-state index in [0.29, 0.717) is 0 Å². The summed E-state index contributed by atoms with van der Waals surface area (Å²) in [7, 11) is 11.8. The highest BCUT2D eigenvalue weighted by molar-refractivity contribution is 7.79. The van der Waals surface area contributed by atoms with E-state index >= 15 is 0 Å². The third-order valence-corrected chi connectivity index (χ3v) is 0. The number of rotatable bonds is 0. The van der Waals surface area contributed by atoms with Crippen molar-refractivity contribution in [2.24, 2.45) is 0 Å². The third-order valence-electron chi connectivity index (χ3n) is 0.